The lowest BCUT2D eigenvalue weighted by molar-refractivity contribution is 0.539. The van der Waals surface area contributed by atoms with Crippen LogP contribution in [0.5, 0.6) is 0 Å². The molecule has 1 aromatic rings. The Morgan fingerprint density at radius 2 is 2.40 bits per heavy atom. The van der Waals surface area contributed by atoms with E-state index in [-0.39, 0.29) is 0 Å². The predicted molar refractivity (Wildman–Crippen MR) is 57.0 cm³/mol. The second kappa shape index (κ2) is 4.34. The first-order chi connectivity index (χ1) is 7.18. The van der Waals surface area contributed by atoms with Crippen LogP contribution in [0.3, 0.4) is 0 Å². The molecule has 1 aliphatic heterocycles. The van der Waals surface area contributed by atoms with Gasteiger partial charge in [-0.05, 0) is 31.5 Å². The number of sulfonamides is 1. The van der Waals surface area contributed by atoms with E-state index in [4.69, 9.17) is 0 Å². The number of aromatic amines is 1. The molecule has 0 spiro atoms. The summed E-state index contributed by atoms with van der Waals surface area (Å²) in [5, 5.41) is 3.20. The van der Waals surface area contributed by atoms with E-state index >= 15 is 0 Å². The minimum absolute atomic E-state index is 0.299. The van der Waals surface area contributed by atoms with Gasteiger partial charge in [-0.15, -0.1) is 0 Å². The fourth-order valence-corrected chi connectivity index (χ4v) is 2.77. The molecule has 6 heteroatoms. The van der Waals surface area contributed by atoms with Gasteiger partial charge in [0.05, 0.1) is 4.90 Å². The SMILES string of the molecule is O=S(=O)(NCC1CCNC1)c1cc[nH]c1. The van der Waals surface area contributed by atoms with Crippen LogP contribution in [0.4, 0.5) is 0 Å². The zero-order valence-electron chi connectivity index (χ0n) is 8.36. The molecule has 1 unspecified atom stereocenters. The van der Waals surface area contributed by atoms with Crippen molar-refractivity contribution in [2.75, 3.05) is 19.6 Å². The average molecular weight is 229 g/mol. The summed E-state index contributed by atoms with van der Waals surface area (Å²) in [5.74, 6) is 0.415. The molecule has 3 N–H and O–H groups in total. The third kappa shape index (κ3) is 2.58. The summed E-state index contributed by atoms with van der Waals surface area (Å²) in [7, 11) is -3.31. The molecule has 15 heavy (non-hydrogen) atoms. The monoisotopic (exact) mass is 229 g/mol. The van der Waals surface area contributed by atoms with Gasteiger partial charge in [-0.3, -0.25) is 0 Å². The molecule has 0 radical (unpaired) electrons. The smallest absolute Gasteiger partial charge is 0.242 e. The number of aromatic nitrogens is 1. The molecule has 1 fully saturated rings. The Labute approximate surface area is 89.3 Å². The van der Waals surface area contributed by atoms with Crippen LogP contribution in [-0.4, -0.2) is 33.0 Å². The Kier molecular flexibility index (Phi) is 3.08. The molecule has 1 aromatic heterocycles. The summed E-state index contributed by atoms with van der Waals surface area (Å²) in [5.41, 5.74) is 0. The standard InChI is InChI=1S/C9H15N3O2S/c13-15(14,9-2-4-11-7-9)12-6-8-1-3-10-5-8/h2,4,7-8,10-12H,1,3,5-6H2. The van der Waals surface area contributed by atoms with Gasteiger partial charge in [-0.25, -0.2) is 13.1 Å². The van der Waals surface area contributed by atoms with E-state index in [0.717, 1.165) is 19.5 Å². The van der Waals surface area contributed by atoms with Crippen molar-refractivity contribution in [1.29, 1.82) is 0 Å². The largest absolute Gasteiger partial charge is 0.366 e. The maximum atomic E-state index is 11.7. The van der Waals surface area contributed by atoms with Crippen molar-refractivity contribution in [3.8, 4) is 0 Å². The highest BCUT2D eigenvalue weighted by molar-refractivity contribution is 7.89. The van der Waals surface area contributed by atoms with Gasteiger partial charge >= 0.3 is 0 Å². The van der Waals surface area contributed by atoms with Crippen molar-refractivity contribution in [2.24, 2.45) is 5.92 Å². The van der Waals surface area contributed by atoms with Gasteiger partial charge in [0.2, 0.25) is 10.0 Å². The third-order valence-electron chi connectivity index (χ3n) is 2.60. The minimum Gasteiger partial charge on any atom is -0.366 e. The van der Waals surface area contributed by atoms with Crippen molar-refractivity contribution in [1.82, 2.24) is 15.0 Å². The maximum Gasteiger partial charge on any atom is 0.242 e. The minimum atomic E-state index is -3.31. The summed E-state index contributed by atoms with van der Waals surface area (Å²) < 4.78 is 26.0. The fourth-order valence-electron chi connectivity index (χ4n) is 1.68. The topological polar surface area (TPSA) is 74.0 Å². The molecular weight excluding hydrogens is 214 g/mol. The van der Waals surface area contributed by atoms with Crippen molar-refractivity contribution < 1.29 is 8.42 Å². The van der Waals surface area contributed by atoms with Gasteiger partial charge in [0.25, 0.3) is 0 Å². The van der Waals surface area contributed by atoms with Crippen LogP contribution in [-0.2, 0) is 10.0 Å². The normalized spacial score (nSPS) is 22.0. The Hall–Kier alpha value is -0.850. The van der Waals surface area contributed by atoms with E-state index in [2.05, 4.69) is 15.0 Å². The maximum absolute atomic E-state index is 11.7. The van der Waals surface area contributed by atoms with Crippen LogP contribution >= 0.6 is 0 Å². The van der Waals surface area contributed by atoms with Gasteiger partial charge in [-0.1, -0.05) is 0 Å². The molecule has 84 valence electrons. The van der Waals surface area contributed by atoms with Gasteiger partial charge in [-0.2, -0.15) is 0 Å². The third-order valence-corrected chi connectivity index (χ3v) is 4.03. The van der Waals surface area contributed by atoms with Crippen molar-refractivity contribution in [2.45, 2.75) is 11.3 Å². The van der Waals surface area contributed by atoms with E-state index in [1.807, 2.05) is 0 Å². The highest BCUT2D eigenvalue weighted by Crippen LogP contribution is 2.09. The molecule has 0 aliphatic carbocycles. The van der Waals surface area contributed by atoms with E-state index in [9.17, 15) is 8.42 Å². The summed E-state index contributed by atoms with van der Waals surface area (Å²) in [6.45, 7) is 2.40. The predicted octanol–water partition coefficient (Wildman–Crippen LogP) is -0.0975. The molecule has 5 nitrogen and oxygen atoms in total. The van der Waals surface area contributed by atoms with E-state index < -0.39 is 10.0 Å². The molecule has 0 bridgehead atoms. The fraction of sp³-hybridized carbons (Fsp3) is 0.556. The second-order valence-electron chi connectivity index (χ2n) is 3.76. The summed E-state index contributed by atoms with van der Waals surface area (Å²) in [6.07, 6.45) is 4.12. The van der Waals surface area contributed by atoms with Crippen LogP contribution in [0.2, 0.25) is 0 Å². The van der Waals surface area contributed by atoms with Crippen LogP contribution in [0.15, 0.2) is 23.4 Å². The molecule has 1 aliphatic rings. The molecule has 0 saturated carbocycles. The highest BCUT2D eigenvalue weighted by atomic mass is 32.2. The highest BCUT2D eigenvalue weighted by Gasteiger charge is 2.19. The zero-order chi connectivity index (χ0) is 10.7. The van der Waals surface area contributed by atoms with Gasteiger partial charge in [0, 0.05) is 18.9 Å². The molecule has 1 saturated heterocycles. The van der Waals surface area contributed by atoms with E-state index in [0.29, 0.717) is 17.4 Å². The number of H-pyrrole nitrogens is 1. The Bertz CT molecular complexity index is 393. The van der Waals surface area contributed by atoms with Crippen molar-refractivity contribution in [3.05, 3.63) is 18.5 Å². The second-order valence-corrected chi connectivity index (χ2v) is 5.52. The number of rotatable bonds is 4. The van der Waals surface area contributed by atoms with Crippen LogP contribution < -0.4 is 10.0 Å². The molecule has 0 aromatic carbocycles. The summed E-state index contributed by atoms with van der Waals surface area (Å²) in [4.78, 5) is 3.03. The molecular formula is C9H15N3O2S. The first kappa shape index (κ1) is 10.7. The number of hydrogen-bond acceptors (Lipinski definition) is 3. The van der Waals surface area contributed by atoms with Gasteiger partial charge in [0.1, 0.15) is 0 Å². The van der Waals surface area contributed by atoms with Gasteiger partial charge < -0.3 is 10.3 Å². The molecule has 2 heterocycles. The van der Waals surface area contributed by atoms with Crippen LogP contribution in [0.1, 0.15) is 6.42 Å². The lowest BCUT2D eigenvalue weighted by Crippen LogP contribution is -2.30. The lowest BCUT2D eigenvalue weighted by Gasteiger charge is -2.09. The van der Waals surface area contributed by atoms with E-state index in [1.54, 1.807) is 12.3 Å². The Balaban J connectivity index is 1.93. The van der Waals surface area contributed by atoms with E-state index in [1.165, 1.54) is 6.20 Å². The van der Waals surface area contributed by atoms with Gasteiger partial charge in [0.15, 0.2) is 0 Å². The zero-order valence-corrected chi connectivity index (χ0v) is 9.18. The molecule has 0 amide bonds. The summed E-state index contributed by atoms with van der Waals surface area (Å²) >= 11 is 0. The van der Waals surface area contributed by atoms with Crippen LogP contribution in [0.25, 0.3) is 0 Å². The van der Waals surface area contributed by atoms with Crippen LogP contribution in [0, 0.1) is 5.92 Å². The average Bonchev–Trinajstić information content (AvgIpc) is 2.88. The number of hydrogen-bond donors (Lipinski definition) is 3. The Morgan fingerprint density at radius 1 is 1.53 bits per heavy atom. The Morgan fingerprint density at radius 3 is 3.00 bits per heavy atom. The van der Waals surface area contributed by atoms with Crippen molar-refractivity contribution >= 4 is 10.0 Å². The summed E-state index contributed by atoms with van der Waals surface area (Å²) in [6, 6.07) is 1.55. The first-order valence-corrected chi connectivity index (χ1v) is 6.50. The first-order valence-electron chi connectivity index (χ1n) is 5.02. The number of nitrogens with one attached hydrogen (secondary N) is 3. The molecule has 2 rings (SSSR count). The van der Waals surface area contributed by atoms with Crippen molar-refractivity contribution in [3.63, 3.8) is 0 Å². The molecule has 1 atom stereocenters. The quantitative estimate of drug-likeness (QED) is 0.675. The lowest BCUT2D eigenvalue weighted by atomic mass is 10.1.